The number of hydrogen-bond donors (Lipinski definition) is 0. The van der Waals surface area contributed by atoms with Crippen molar-refractivity contribution >= 4 is 36.5 Å². The molecule has 0 aliphatic carbocycles. The van der Waals surface area contributed by atoms with Crippen LogP contribution in [0.3, 0.4) is 0 Å². The van der Waals surface area contributed by atoms with Crippen molar-refractivity contribution in [2.75, 3.05) is 39.6 Å². The van der Waals surface area contributed by atoms with Gasteiger partial charge in [-0.3, -0.25) is 4.79 Å². The first kappa shape index (κ1) is 39.8. The van der Waals surface area contributed by atoms with Crippen LogP contribution < -0.4 is 9.47 Å². The van der Waals surface area contributed by atoms with Crippen LogP contribution in [-0.4, -0.2) is 88.4 Å². The number of hydrogen-bond acceptors (Lipinski definition) is 12. The summed E-state index contributed by atoms with van der Waals surface area (Å²) in [6.45, 7) is 6.13. The normalized spacial score (nSPS) is 19.2. The molecule has 4 rings (SSSR count). The van der Waals surface area contributed by atoms with Gasteiger partial charge in [-0.2, -0.15) is 0 Å². The molecule has 2 aromatic carbocycles. The molecule has 4 atom stereocenters. The van der Waals surface area contributed by atoms with Gasteiger partial charge in [0.25, 0.3) is 6.47 Å². The Balaban J connectivity index is 1.09. The highest BCUT2D eigenvalue weighted by molar-refractivity contribution is 5.88. The summed E-state index contributed by atoms with van der Waals surface area (Å²) in [6.07, 6.45) is 12.2. The van der Waals surface area contributed by atoms with E-state index in [1.54, 1.807) is 12.2 Å². The molecule has 2 aromatic rings. The molecule has 0 aromatic heterocycles. The van der Waals surface area contributed by atoms with E-state index in [0.717, 1.165) is 80.1 Å². The van der Waals surface area contributed by atoms with Crippen molar-refractivity contribution in [3.05, 3.63) is 84.5 Å². The fraction of sp³-hybridized carbons (Fsp3) is 0.450. The Morgan fingerprint density at radius 2 is 1.06 bits per heavy atom. The highest BCUT2D eigenvalue weighted by Crippen LogP contribution is 2.31. The maximum atomic E-state index is 12.6. The second-order valence-corrected chi connectivity index (χ2v) is 12.2. The molecule has 4 unspecified atom stereocenters. The van der Waals surface area contributed by atoms with Gasteiger partial charge < -0.3 is 37.9 Å². The third kappa shape index (κ3) is 14.4. The molecule has 0 radical (unpaired) electrons. The maximum Gasteiger partial charge on any atom is 0.331 e. The maximum absolute atomic E-state index is 12.6. The Morgan fingerprint density at radius 1 is 0.615 bits per heavy atom. The number of fused-ring (bicyclic) bond motifs is 1. The van der Waals surface area contributed by atoms with E-state index in [-0.39, 0.29) is 13.2 Å². The minimum absolute atomic E-state index is 0.137. The summed E-state index contributed by atoms with van der Waals surface area (Å²) < 4.78 is 44.0. The molecule has 0 N–H and O–H groups in total. The smallest absolute Gasteiger partial charge is 0.331 e. The largest absolute Gasteiger partial charge is 0.494 e. The number of rotatable bonds is 24. The van der Waals surface area contributed by atoms with E-state index in [0.29, 0.717) is 32.9 Å². The van der Waals surface area contributed by atoms with Crippen LogP contribution in [0.2, 0.25) is 0 Å². The van der Waals surface area contributed by atoms with Crippen molar-refractivity contribution in [1.29, 1.82) is 0 Å². The minimum atomic E-state index is -0.622. The van der Waals surface area contributed by atoms with Crippen LogP contribution in [0.15, 0.2) is 73.3 Å². The molecule has 0 saturated carbocycles. The standard InChI is InChI=1S/C40H48O12/c1-2-36(42)48-26-10-6-5-9-25-47-33-19-13-31(14-20-33)16-22-38(44)52-35-28-50-39-34(27-49-40(35)39)51-37(43)21-15-30-11-17-32(18-12-30)46-24-8-4-3-7-23-45-29-41/h2,11-22,29,34-35,39-40H,1,3-10,23-28H2/b21-15+,22-16+. The van der Waals surface area contributed by atoms with Crippen molar-refractivity contribution < 1.29 is 57.1 Å². The van der Waals surface area contributed by atoms with Gasteiger partial charge in [0.15, 0.2) is 12.2 Å². The average molecular weight is 721 g/mol. The zero-order valence-electron chi connectivity index (χ0n) is 29.4. The highest BCUT2D eigenvalue weighted by atomic mass is 16.7. The van der Waals surface area contributed by atoms with Gasteiger partial charge in [-0.05, 0) is 98.9 Å². The lowest BCUT2D eigenvalue weighted by molar-refractivity contribution is -0.149. The lowest BCUT2D eigenvalue weighted by Gasteiger charge is -2.16. The monoisotopic (exact) mass is 720 g/mol. The number of ether oxygens (including phenoxy) is 8. The second-order valence-electron chi connectivity index (χ2n) is 12.2. The molecule has 2 aliphatic rings. The predicted octanol–water partition coefficient (Wildman–Crippen LogP) is 5.82. The van der Waals surface area contributed by atoms with Crippen molar-refractivity contribution in [3.8, 4) is 11.5 Å². The summed E-state index contributed by atoms with van der Waals surface area (Å²) in [6, 6.07) is 14.8. The molecule has 0 bridgehead atoms. The van der Waals surface area contributed by atoms with Gasteiger partial charge in [0, 0.05) is 18.2 Å². The van der Waals surface area contributed by atoms with Crippen LogP contribution in [0.1, 0.15) is 62.5 Å². The summed E-state index contributed by atoms with van der Waals surface area (Å²) in [5, 5.41) is 0. The second kappa shape index (κ2) is 22.8. The summed E-state index contributed by atoms with van der Waals surface area (Å²) in [7, 11) is 0. The molecule has 12 nitrogen and oxygen atoms in total. The molecule has 0 spiro atoms. The van der Waals surface area contributed by atoms with Gasteiger partial charge in [0.05, 0.1) is 39.6 Å². The van der Waals surface area contributed by atoms with E-state index in [2.05, 4.69) is 11.3 Å². The van der Waals surface area contributed by atoms with Crippen LogP contribution in [0.4, 0.5) is 0 Å². The first-order chi connectivity index (χ1) is 25.4. The molecule has 2 fully saturated rings. The van der Waals surface area contributed by atoms with Gasteiger partial charge in [-0.25, -0.2) is 14.4 Å². The van der Waals surface area contributed by atoms with Crippen molar-refractivity contribution in [1.82, 2.24) is 0 Å². The van der Waals surface area contributed by atoms with E-state index < -0.39 is 42.3 Å². The van der Waals surface area contributed by atoms with Gasteiger partial charge in [0.2, 0.25) is 0 Å². The third-order valence-electron chi connectivity index (χ3n) is 8.29. The highest BCUT2D eigenvalue weighted by Gasteiger charge is 2.51. The molecule has 12 heteroatoms. The summed E-state index contributed by atoms with van der Waals surface area (Å²) in [5.74, 6) is 0.0132. The summed E-state index contributed by atoms with van der Waals surface area (Å²) in [5.41, 5.74) is 1.62. The summed E-state index contributed by atoms with van der Waals surface area (Å²) >= 11 is 0. The van der Waals surface area contributed by atoms with E-state index in [4.69, 9.17) is 33.2 Å². The predicted molar refractivity (Wildman–Crippen MR) is 191 cm³/mol. The number of esters is 3. The van der Waals surface area contributed by atoms with E-state index in [9.17, 15) is 19.2 Å². The molecule has 2 aliphatic heterocycles. The Morgan fingerprint density at radius 3 is 1.50 bits per heavy atom. The van der Waals surface area contributed by atoms with E-state index in [1.807, 2.05) is 48.5 Å². The average Bonchev–Trinajstić information content (AvgIpc) is 3.75. The van der Waals surface area contributed by atoms with E-state index >= 15 is 0 Å². The quantitative estimate of drug-likeness (QED) is 0.0424. The van der Waals surface area contributed by atoms with Crippen molar-refractivity contribution in [3.63, 3.8) is 0 Å². The molecule has 0 amide bonds. The van der Waals surface area contributed by atoms with Gasteiger partial charge >= 0.3 is 17.9 Å². The first-order valence-corrected chi connectivity index (χ1v) is 17.8. The zero-order chi connectivity index (χ0) is 36.8. The van der Waals surface area contributed by atoms with Crippen LogP contribution in [0.5, 0.6) is 11.5 Å². The fourth-order valence-electron chi connectivity index (χ4n) is 5.55. The number of unbranched alkanes of at least 4 members (excludes halogenated alkanes) is 6. The first-order valence-electron chi connectivity index (χ1n) is 17.8. The van der Waals surface area contributed by atoms with Gasteiger partial charge in [-0.1, -0.05) is 30.8 Å². The molecule has 52 heavy (non-hydrogen) atoms. The molecule has 280 valence electrons. The topological polar surface area (TPSA) is 142 Å². The third-order valence-corrected chi connectivity index (χ3v) is 8.29. The summed E-state index contributed by atoms with van der Waals surface area (Å²) in [4.78, 5) is 46.3. The van der Waals surface area contributed by atoms with Gasteiger partial charge in [-0.15, -0.1) is 0 Å². The van der Waals surface area contributed by atoms with Crippen LogP contribution >= 0.6 is 0 Å². The minimum Gasteiger partial charge on any atom is -0.494 e. The molecular weight excluding hydrogens is 672 g/mol. The van der Waals surface area contributed by atoms with Gasteiger partial charge in [0.1, 0.15) is 23.7 Å². The van der Waals surface area contributed by atoms with Crippen molar-refractivity contribution in [2.45, 2.75) is 75.8 Å². The lowest BCUT2D eigenvalue weighted by Crippen LogP contribution is -2.35. The number of carbonyl (C=O) groups excluding carboxylic acids is 4. The molecular formula is C40H48O12. The molecule has 2 heterocycles. The number of carbonyl (C=O) groups is 4. The lowest BCUT2D eigenvalue weighted by atomic mass is 10.1. The molecule has 2 saturated heterocycles. The Labute approximate surface area is 304 Å². The zero-order valence-corrected chi connectivity index (χ0v) is 29.4. The SMILES string of the molecule is C=CC(=O)OCCCCCCOc1ccc(/C=C/C(=O)OC2COC3C(OC(=O)/C=C/c4ccc(OCCCCCCOC=O)cc4)COC23)cc1. The van der Waals surface area contributed by atoms with E-state index in [1.165, 1.54) is 12.2 Å². The van der Waals surface area contributed by atoms with Crippen LogP contribution in [0, 0.1) is 0 Å². The van der Waals surface area contributed by atoms with Crippen LogP contribution in [0.25, 0.3) is 12.2 Å². The number of benzene rings is 2. The Kier molecular flexibility index (Phi) is 17.5. The van der Waals surface area contributed by atoms with Crippen molar-refractivity contribution in [2.24, 2.45) is 0 Å². The Bertz CT molecular complexity index is 1470. The fourth-order valence-corrected chi connectivity index (χ4v) is 5.55. The van der Waals surface area contributed by atoms with Crippen LogP contribution in [-0.2, 0) is 47.6 Å². The Hall–Kier alpha value is -4.94.